The minimum atomic E-state index is -2.46. The van der Waals surface area contributed by atoms with Crippen molar-refractivity contribution < 1.29 is 8.78 Å². The van der Waals surface area contributed by atoms with Crippen LogP contribution in [0.25, 0.3) is 0 Å². The first-order valence-corrected chi connectivity index (χ1v) is 8.85. The van der Waals surface area contributed by atoms with Gasteiger partial charge in [0.2, 0.25) is 5.92 Å². The van der Waals surface area contributed by atoms with Crippen molar-refractivity contribution in [1.82, 2.24) is 0 Å². The molecule has 0 atom stereocenters. The molecule has 0 saturated heterocycles. The van der Waals surface area contributed by atoms with Gasteiger partial charge in [0.05, 0.1) is 0 Å². The number of rotatable bonds is 5. The summed E-state index contributed by atoms with van der Waals surface area (Å²) in [7, 11) is 0. The highest BCUT2D eigenvalue weighted by molar-refractivity contribution is 4.83. The standard InChI is InChI=1S/C18H32F2/c1-3-4-14-5-9-16(10-6-14)17-11-7-15(8-12-17)13-18(2,19)20/h14-17H,3-13H2,1-2H3. The number of alkyl halides is 2. The van der Waals surface area contributed by atoms with Crippen molar-refractivity contribution in [1.29, 1.82) is 0 Å². The summed E-state index contributed by atoms with van der Waals surface area (Å²) in [5.41, 5.74) is 0. The summed E-state index contributed by atoms with van der Waals surface area (Å²) in [6.45, 7) is 3.37. The maximum absolute atomic E-state index is 13.1. The smallest absolute Gasteiger partial charge is 0.207 e. The molecular formula is C18H32F2. The molecule has 0 N–H and O–H groups in total. The van der Waals surface area contributed by atoms with E-state index >= 15 is 0 Å². The van der Waals surface area contributed by atoms with E-state index in [4.69, 9.17) is 0 Å². The van der Waals surface area contributed by atoms with Crippen molar-refractivity contribution in [3.05, 3.63) is 0 Å². The second kappa shape index (κ2) is 7.22. The van der Waals surface area contributed by atoms with Crippen molar-refractivity contribution >= 4 is 0 Å². The van der Waals surface area contributed by atoms with E-state index < -0.39 is 5.92 Å². The summed E-state index contributed by atoms with van der Waals surface area (Å²) >= 11 is 0. The Morgan fingerprint density at radius 3 is 1.65 bits per heavy atom. The fourth-order valence-electron chi connectivity index (χ4n) is 4.73. The van der Waals surface area contributed by atoms with Gasteiger partial charge in [-0.3, -0.25) is 0 Å². The Labute approximate surface area is 123 Å². The molecule has 2 aliphatic carbocycles. The predicted octanol–water partition coefficient (Wildman–Crippen LogP) is 6.44. The minimum absolute atomic E-state index is 0.114. The van der Waals surface area contributed by atoms with Gasteiger partial charge in [0, 0.05) is 6.42 Å². The minimum Gasteiger partial charge on any atom is -0.207 e. The molecule has 2 fully saturated rings. The van der Waals surface area contributed by atoms with E-state index in [-0.39, 0.29) is 12.3 Å². The van der Waals surface area contributed by atoms with Crippen LogP contribution in [-0.2, 0) is 0 Å². The van der Waals surface area contributed by atoms with Crippen LogP contribution in [0.5, 0.6) is 0 Å². The Hall–Kier alpha value is -0.140. The third-order valence-corrected chi connectivity index (χ3v) is 5.79. The van der Waals surface area contributed by atoms with Gasteiger partial charge in [-0.2, -0.15) is 0 Å². The molecule has 0 radical (unpaired) electrons. The zero-order valence-corrected chi connectivity index (χ0v) is 13.3. The van der Waals surface area contributed by atoms with E-state index in [2.05, 4.69) is 6.92 Å². The average molecular weight is 286 g/mol. The van der Waals surface area contributed by atoms with Crippen LogP contribution in [0, 0.1) is 23.7 Å². The van der Waals surface area contributed by atoms with Gasteiger partial charge < -0.3 is 0 Å². The SMILES string of the molecule is CCCC1CCC(C2CCC(CC(C)(F)F)CC2)CC1. The molecule has 2 aliphatic rings. The van der Waals surface area contributed by atoms with Gasteiger partial charge in [0.1, 0.15) is 0 Å². The quantitative estimate of drug-likeness (QED) is 0.545. The summed E-state index contributed by atoms with van der Waals surface area (Å²) in [6, 6.07) is 0. The third kappa shape index (κ3) is 5.00. The van der Waals surface area contributed by atoms with Gasteiger partial charge in [-0.15, -0.1) is 0 Å². The van der Waals surface area contributed by atoms with Crippen LogP contribution in [0.15, 0.2) is 0 Å². The summed E-state index contributed by atoms with van der Waals surface area (Å²) in [5.74, 6) is 0.551. The van der Waals surface area contributed by atoms with Crippen LogP contribution in [0.2, 0.25) is 0 Å². The van der Waals surface area contributed by atoms with E-state index in [0.29, 0.717) is 0 Å². The van der Waals surface area contributed by atoms with Crippen molar-refractivity contribution in [2.75, 3.05) is 0 Å². The summed E-state index contributed by atoms with van der Waals surface area (Å²) in [4.78, 5) is 0. The van der Waals surface area contributed by atoms with E-state index in [1.54, 1.807) is 0 Å². The molecule has 0 aromatic heterocycles. The first-order valence-electron chi connectivity index (χ1n) is 8.85. The molecule has 0 unspecified atom stereocenters. The molecule has 0 bridgehead atoms. The zero-order chi connectivity index (χ0) is 14.6. The Kier molecular flexibility index (Phi) is 5.86. The monoisotopic (exact) mass is 286 g/mol. The summed E-state index contributed by atoms with van der Waals surface area (Å²) in [5, 5.41) is 0. The van der Waals surface area contributed by atoms with Gasteiger partial charge in [-0.1, -0.05) is 32.6 Å². The second-order valence-corrected chi connectivity index (χ2v) is 7.62. The van der Waals surface area contributed by atoms with Crippen LogP contribution >= 0.6 is 0 Å². The van der Waals surface area contributed by atoms with Gasteiger partial charge in [-0.25, -0.2) is 8.78 Å². The highest BCUT2D eigenvalue weighted by Crippen LogP contribution is 2.43. The van der Waals surface area contributed by atoms with Gasteiger partial charge >= 0.3 is 0 Å². The lowest BCUT2D eigenvalue weighted by Crippen LogP contribution is -2.27. The van der Waals surface area contributed by atoms with E-state index in [1.807, 2.05) is 0 Å². The Morgan fingerprint density at radius 2 is 1.25 bits per heavy atom. The van der Waals surface area contributed by atoms with Crippen LogP contribution in [0.3, 0.4) is 0 Å². The van der Waals surface area contributed by atoms with Crippen molar-refractivity contribution in [3.63, 3.8) is 0 Å². The zero-order valence-electron chi connectivity index (χ0n) is 13.3. The van der Waals surface area contributed by atoms with Crippen LogP contribution in [0.4, 0.5) is 8.78 Å². The first kappa shape index (κ1) is 16.2. The fraction of sp³-hybridized carbons (Fsp3) is 1.00. The topological polar surface area (TPSA) is 0 Å². The van der Waals surface area contributed by atoms with Crippen molar-refractivity contribution in [3.8, 4) is 0 Å². The number of hydrogen-bond donors (Lipinski definition) is 0. The van der Waals surface area contributed by atoms with Crippen LogP contribution < -0.4 is 0 Å². The lowest BCUT2D eigenvalue weighted by Gasteiger charge is -2.38. The molecule has 0 aliphatic heterocycles. The van der Waals surface area contributed by atoms with Gasteiger partial charge in [-0.05, 0) is 69.1 Å². The maximum Gasteiger partial charge on any atom is 0.245 e. The first-order chi connectivity index (χ1) is 9.48. The van der Waals surface area contributed by atoms with E-state index in [0.717, 1.165) is 37.5 Å². The molecule has 2 heteroatoms. The molecule has 0 aromatic rings. The van der Waals surface area contributed by atoms with Crippen molar-refractivity contribution in [2.24, 2.45) is 23.7 Å². The highest BCUT2D eigenvalue weighted by atomic mass is 19.3. The second-order valence-electron chi connectivity index (χ2n) is 7.62. The molecule has 2 rings (SSSR count). The molecule has 2 saturated carbocycles. The maximum atomic E-state index is 13.1. The molecule has 0 spiro atoms. The van der Waals surface area contributed by atoms with Crippen LogP contribution in [0.1, 0.15) is 84.5 Å². The molecule has 0 amide bonds. The normalized spacial score (nSPS) is 36.0. The Morgan fingerprint density at radius 1 is 0.800 bits per heavy atom. The lowest BCUT2D eigenvalue weighted by atomic mass is 9.68. The fourth-order valence-corrected chi connectivity index (χ4v) is 4.73. The highest BCUT2D eigenvalue weighted by Gasteiger charge is 2.33. The van der Waals surface area contributed by atoms with E-state index in [9.17, 15) is 8.78 Å². The predicted molar refractivity (Wildman–Crippen MR) is 81.0 cm³/mol. The molecule has 0 nitrogen and oxygen atoms in total. The molecule has 118 valence electrons. The lowest BCUT2D eigenvalue weighted by molar-refractivity contribution is -0.0132. The van der Waals surface area contributed by atoms with Gasteiger partial charge in [0.15, 0.2) is 0 Å². The van der Waals surface area contributed by atoms with Crippen LogP contribution in [-0.4, -0.2) is 5.92 Å². The average Bonchev–Trinajstić information content (AvgIpc) is 2.39. The summed E-state index contributed by atoms with van der Waals surface area (Å²) in [6.07, 6.45) is 13.0. The molecule has 0 heterocycles. The molecule has 20 heavy (non-hydrogen) atoms. The van der Waals surface area contributed by atoms with E-state index in [1.165, 1.54) is 51.4 Å². The summed E-state index contributed by atoms with van der Waals surface area (Å²) < 4.78 is 26.1. The number of hydrogen-bond acceptors (Lipinski definition) is 0. The third-order valence-electron chi connectivity index (χ3n) is 5.79. The van der Waals surface area contributed by atoms with Gasteiger partial charge in [0.25, 0.3) is 0 Å². The largest absolute Gasteiger partial charge is 0.245 e. The number of halogens is 2. The Bertz CT molecular complexity index is 266. The molecule has 0 aromatic carbocycles. The van der Waals surface area contributed by atoms with Crippen molar-refractivity contribution in [2.45, 2.75) is 90.4 Å². The Balaban J connectivity index is 1.69. The molecular weight excluding hydrogens is 254 g/mol.